The number of amidine groups is 1. The van der Waals surface area contributed by atoms with E-state index < -0.39 is 5.91 Å². The monoisotopic (exact) mass is 292 g/mol. The molecule has 0 heterocycles. The Labute approximate surface area is 123 Å². The summed E-state index contributed by atoms with van der Waals surface area (Å²) in [4.78, 5) is 24.9. The molecule has 1 rings (SSSR count). The number of rotatable bonds is 6. The van der Waals surface area contributed by atoms with E-state index in [0.717, 1.165) is 0 Å². The van der Waals surface area contributed by atoms with Gasteiger partial charge in [-0.3, -0.25) is 9.59 Å². The van der Waals surface area contributed by atoms with Gasteiger partial charge in [0.05, 0.1) is 6.54 Å². The van der Waals surface area contributed by atoms with E-state index >= 15 is 0 Å². The van der Waals surface area contributed by atoms with Gasteiger partial charge in [0.15, 0.2) is 5.84 Å². The van der Waals surface area contributed by atoms with Crippen molar-refractivity contribution in [3.8, 4) is 0 Å². The highest BCUT2D eigenvalue weighted by molar-refractivity contribution is 6.00. The molecule has 1 aromatic rings. The van der Waals surface area contributed by atoms with Crippen LogP contribution in [0.3, 0.4) is 0 Å². The van der Waals surface area contributed by atoms with Crippen LogP contribution in [0.1, 0.15) is 29.8 Å². The first-order valence-corrected chi connectivity index (χ1v) is 6.50. The maximum absolute atomic E-state index is 12.4. The van der Waals surface area contributed by atoms with E-state index in [1.165, 1.54) is 4.90 Å². The van der Waals surface area contributed by atoms with Gasteiger partial charge < -0.3 is 21.6 Å². The van der Waals surface area contributed by atoms with Gasteiger partial charge in [-0.25, -0.2) is 0 Å². The third-order valence-electron chi connectivity index (χ3n) is 2.75. The van der Waals surface area contributed by atoms with Crippen molar-refractivity contribution in [2.45, 2.75) is 13.8 Å². The van der Waals surface area contributed by atoms with E-state index in [9.17, 15) is 9.59 Å². The van der Waals surface area contributed by atoms with Gasteiger partial charge in [0.25, 0.3) is 5.91 Å². The van der Waals surface area contributed by atoms with Crippen LogP contribution in [0.4, 0.5) is 0 Å². The lowest BCUT2D eigenvalue weighted by Crippen LogP contribution is -2.40. The second-order valence-electron chi connectivity index (χ2n) is 5.11. The molecule has 0 bridgehead atoms. The third-order valence-corrected chi connectivity index (χ3v) is 2.75. The van der Waals surface area contributed by atoms with Gasteiger partial charge in [-0.2, -0.15) is 0 Å². The molecule has 21 heavy (non-hydrogen) atoms. The molecule has 0 saturated carbocycles. The lowest BCUT2D eigenvalue weighted by Gasteiger charge is -2.23. The van der Waals surface area contributed by atoms with Crippen molar-refractivity contribution in [3.63, 3.8) is 0 Å². The van der Waals surface area contributed by atoms with Crippen LogP contribution >= 0.6 is 0 Å². The molecule has 0 radical (unpaired) electrons. The lowest BCUT2D eigenvalue weighted by molar-refractivity contribution is -0.118. The minimum absolute atomic E-state index is 0.0369. The van der Waals surface area contributed by atoms with Crippen LogP contribution in [0.25, 0.3) is 0 Å². The number of nitrogens with two attached hydrogens (primary N) is 2. The van der Waals surface area contributed by atoms with Crippen molar-refractivity contribution >= 4 is 17.6 Å². The zero-order valence-electron chi connectivity index (χ0n) is 12.1. The van der Waals surface area contributed by atoms with Crippen LogP contribution in [0.15, 0.2) is 29.4 Å². The largest absolute Gasteiger partial charge is 0.409 e. The highest BCUT2D eigenvalue weighted by Crippen LogP contribution is 2.09. The van der Waals surface area contributed by atoms with Gasteiger partial charge in [0.1, 0.15) is 0 Å². The molecule has 1 aromatic carbocycles. The fourth-order valence-corrected chi connectivity index (χ4v) is 1.87. The molecule has 7 heteroatoms. The Balaban J connectivity index is 2.95. The number of nitrogens with zero attached hydrogens (tertiary/aromatic N) is 2. The van der Waals surface area contributed by atoms with Gasteiger partial charge in [-0.05, 0) is 18.1 Å². The number of carbonyl (C=O) groups is 2. The summed E-state index contributed by atoms with van der Waals surface area (Å²) in [5.74, 6) is -0.666. The van der Waals surface area contributed by atoms with Crippen LogP contribution in [-0.4, -0.2) is 40.8 Å². The number of hydrogen-bond donors (Lipinski definition) is 3. The van der Waals surface area contributed by atoms with Crippen molar-refractivity contribution in [2.75, 3.05) is 13.1 Å². The number of primary amides is 1. The summed E-state index contributed by atoms with van der Waals surface area (Å²) in [6.07, 6.45) is 0. The second kappa shape index (κ2) is 7.28. The second-order valence-corrected chi connectivity index (χ2v) is 5.11. The van der Waals surface area contributed by atoms with Gasteiger partial charge >= 0.3 is 0 Å². The van der Waals surface area contributed by atoms with Crippen molar-refractivity contribution < 1.29 is 14.8 Å². The SMILES string of the molecule is CC(C)CN(CC(N)=O)C(=O)c1ccc(C(N)=NO)cc1. The molecule has 2 amide bonds. The summed E-state index contributed by atoms with van der Waals surface area (Å²) < 4.78 is 0. The van der Waals surface area contributed by atoms with E-state index in [1.807, 2.05) is 13.8 Å². The van der Waals surface area contributed by atoms with E-state index in [4.69, 9.17) is 16.7 Å². The minimum Gasteiger partial charge on any atom is -0.409 e. The highest BCUT2D eigenvalue weighted by Gasteiger charge is 2.18. The Kier molecular flexibility index (Phi) is 5.71. The van der Waals surface area contributed by atoms with Crippen molar-refractivity contribution in [2.24, 2.45) is 22.5 Å². The van der Waals surface area contributed by atoms with Gasteiger partial charge in [0, 0.05) is 17.7 Å². The summed E-state index contributed by atoms with van der Waals surface area (Å²) in [7, 11) is 0. The smallest absolute Gasteiger partial charge is 0.254 e. The molecule has 0 fully saturated rings. The first kappa shape index (κ1) is 16.5. The number of benzene rings is 1. The van der Waals surface area contributed by atoms with Crippen molar-refractivity contribution in [1.29, 1.82) is 0 Å². The molecule has 0 spiro atoms. The molecule has 5 N–H and O–H groups in total. The fraction of sp³-hybridized carbons (Fsp3) is 0.357. The van der Waals surface area contributed by atoms with E-state index in [1.54, 1.807) is 24.3 Å². The van der Waals surface area contributed by atoms with Crippen LogP contribution in [-0.2, 0) is 4.79 Å². The van der Waals surface area contributed by atoms with E-state index in [2.05, 4.69) is 5.16 Å². The quantitative estimate of drug-likeness (QED) is 0.303. The summed E-state index contributed by atoms with van der Waals surface area (Å²) in [5.41, 5.74) is 11.5. The van der Waals surface area contributed by atoms with Crippen LogP contribution in [0.2, 0.25) is 0 Å². The van der Waals surface area contributed by atoms with E-state index in [-0.39, 0.29) is 24.2 Å². The summed E-state index contributed by atoms with van der Waals surface area (Å²) in [6, 6.07) is 6.26. The first-order chi connectivity index (χ1) is 9.85. The van der Waals surface area contributed by atoms with Crippen LogP contribution in [0, 0.1) is 5.92 Å². The van der Waals surface area contributed by atoms with Gasteiger partial charge in [0.2, 0.25) is 5.91 Å². The molecule has 7 nitrogen and oxygen atoms in total. The Morgan fingerprint density at radius 3 is 2.14 bits per heavy atom. The van der Waals surface area contributed by atoms with Crippen LogP contribution < -0.4 is 11.5 Å². The van der Waals surface area contributed by atoms with Crippen LogP contribution in [0.5, 0.6) is 0 Å². The zero-order valence-corrected chi connectivity index (χ0v) is 12.1. The van der Waals surface area contributed by atoms with Gasteiger partial charge in [-0.15, -0.1) is 0 Å². The topological polar surface area (TPSA) is 122 Å². The average Bonchev–Trinajstić information content (AvgIpc) is 2.44. The van der Waals surface area contributed by atoms with Crippen molar-refractivity contribution in [1.82, 2.24) is 4.90 Å². The zero-order chi connectivity index (χ0) is 16.0. The maximum Gasteiger partial charge on any atom is 0.254 e. The molecule has 0 aliphatic rings. The number of carbonyl (C=O) groups excluding carboxylic acids is 2. The molecule has 0 atom stereocenters. The molecule has 114 valence electrons. The molecule has 0 aromatic heterocycles. The number of hydrogen-bond acceptors (Lipinski definition) is 4. The molecule has 0 saturated heterocycles. The number of oxime groups is 1. The third kappa shape index (κ3) is 4.79. The molecular weight excluding hydrogens is 272 g/mol. The predicted octanol–water partition coefficient (Wildman–Crippen LogP) is 0.365. The number of amides is 2. The average molecular weight is 292 g/mol. The Hall–Kier alpha value is -2.57. The Morgan fingerprint density at radius 2 is 1.71 bits per heavy atom. The minimum atomic E-state index is -0.558. The molecule has 0 aliphatic carbocycles. The standard InChI is InChI=1S/C14H20N4O3/c1-9(2)7-18(8-12(15)19)14(20)11-5-3-10(4-6-11)13(16)17-21/h3-6,9,21H,7-8H2,1-2H3,(H2,15,19)(H2,16,17). The summed E-state index contributed by atoms with van der Waals surface area (Å²) >= 11 is 0. The molecule has 0 unspecified atom stereocenters. The Morgan fingerprint density at radius 1 is 1.19 bits per heavy atom. The summed E-state index contributed by atoms with van der Waals surface area (Å²) in [6.45, 7) is 4.20. The van der Waals surface area contributed by atoms with E-state index in [0.29, 0.717) is 17.7 Å². The molecular formula is C14H20N4O3. The van der Waals surface area contributed by atoms with Gasteiger partial charge in [-0.1, -0.05) is 31.1 Å². The predicted molar refractivity (Wildman–Crippen MR) is 78.9 cm³/mol. The molecule has 0 aliphatic heterocycles. The maximum atomic E-state index is 12.4. The highest BCUT2D eigenvalue weighted by atomic mass is 16.4. The lowest BCUT2D eigenvalue weighted by atomic mass is 10.1. The van der Waals surface area contributed by atoms with Crippen molar-refractivity contribution in [3.05, 3.63) is 35.4 Å². The first-order valence-electron chi connectivity index (χ1n) is 6.50. The summed E-state index contributed by atoms with van der Waals surface area (Å²) in [5, 5.41) is 11.5. The Bertz CT molecular complexity index is 538. The fourth-order valence-electron chi connectivity index (χ4n) is 1.87. The normalized spacial score (nSPS) is 11.5.